The Labute approximate surface area is 117 Å². The number of hydrogen-bond acceptors (Lipinski definition) is 1. The summed E-state index contributed by atoms with van der Waals surface area (Å²) >= 11 is 2.71. The second-order valence-electron chi connectivity index (χ2n) is 2.06. The molecule has 20 heavy (non-hydrogen) atoms. The van der Waals surface area contributed by atoms with Crippen LogP contribution in [0, 0.1) is 20.0 Å². The number of methoxy groups -OCH3 is 1. The summed E-state index contributed by atoms with van der Waals surface area (Å²) in [5, 5.41) is 0. The Bertz CT molecular complexity index is 349. The number of rotatable bonds is 2. The summed E-state index contributed by atoms with van der Waals surface area (Å²) in [5.41, 5.74) is -1.94. The summed E-state index contributed by atoms with van der Waals surface area (Å²) < 4.78 is 96.3. The van der Waals surface area contributed by atoms with Gasteiger partial charge in [-0.15, -0.1) is 0 Å². The zero-order chi connectivity index (χ0) is 17.6. The van der Waals surface area contributed by atoms with E-state index in [9.17, 15) is 26.3 Å². The molecule has 0 aliphatic heterocycles. The van der Waals surface area contributed by atoms with Gasteiger partial charge in [0.05, 0.1) is 0 Å². The van der Waals surface area contributed by atoms with Crippen LogP contribution in [0.3, 0.4) is 0 Å². The van der Waals surface area contributed by atoms with Crippen LogP contribution in [-0.2, 0) is 34.3 Å². The van der Waals surface area contributed by atoms with Crippen molar-refractivity contribution in [3.63, 3.8) is 0 Å². The Morgan fingerprint density at radius 3 is 1.40 bits per heavy atom. The van der Waals surface area contributed by atoms with E-state index < -0.39 is 28.6 Å². The van der Waals surface area contributed by atoms with E-state index in [1.165, 1.54) is 0 Å². The van der Waals surface area contributed by atoms with Crippen LogP contribution in [0.25, 0.3) is 0 Å². The van der Waals surface area contributed by atoms with E-state index in [4.69, 9.17) is 14.0 Å². The molecule has 0 saturated heterocycles. The van der Waals surface area contributed by atoms with E-state index >= 15 is 0 Å². The van der Waals surface area contributed by atoms with Gasteiger partial charge in [-0.1, -0.05) is 0 Å². The van der Waals surface area contributed by atoms with Gasteiger partial charge in [0.25, 0.3) is 0 Å². The Morgan fingerprint density at radius 2 is 1.25 bits per heavy atom. The van der Waals surface area contributed by atoms with Gasteiger partial charge in [0.15, 0.2) is 0 Å². The van der Waals surface area contributed by atoms with Gasteiger partial charge in [-0.25, -0.2) is 0 Å². The van der Waals surface area contributed by atoms with Crippen molar-refractivity contribution >= 4 is 4.60 Å². The van der Waals surface area contributed by atoms with Crippen LogP contribution >= 0.6 is 0 Å². The summed E-state index contributed by atoms with van der Waals surface area (Å²) in [4.78, 5) is 0. The molecule has 0 rings (SSSR count). The summed E-state index contributed by atoms with van der Waals surface area (Å²) in [6, 6.07) is 0. The minimum absolute atomic E-state index is 0.804. The van der Waals surface area contributed by atoms with E-state index in [0.717, 1.165) is 7.11 Å². The van der Waals surface area contributed by atoms with Crippen molar-refractivity contribution in [1.29, 1.82) is 0 Å². The molecule has 114 valence electrons. The molecule has 0 fully saturated rings. The molecule has 0 aliphatic carbocycles. The Balaban J connectivity index is -0.000000187. The third-order valence-corrected chi connectivity index (χ3v) is 1.52. The predicted molar refractivity (Wildman–Crippen MR) is 44.0 cm³/mol. The van der Waals surface area contributed by atoms with E-state index in [1.54, 1.807) is 0 Å². The second-order valence-corrected chi connectivity index (χ2v) is 2.57. The molecule has 0 aromatic rings. The predicted octanol–water partition coefficient (Wildman–Crippen LogP) is 2.25. The molecule has 11 heteroatoms. The fourth-order valence-corrected chi connectivity index (χ4v) is 0.755. The zero-order valence-corrected chi connectivity index (χ0v) is 10.4. The number of ether oxygens (including phenoxy) is 1. The molecule has 0 spiro atoms. The number of allylic oxidation sites excluding steroid dienone is 1. The van der Waals surface area contributed by atoms with Gasteiger partial charge >= 0.3 is 116 Å². The average molecular weight is 346 g/mol. The zero-order valence-electron chi connectivity index (χ0n) is 9.33. The van der Waals surface area contributed by atoms with Crippen molar-refractivity contribution in [2.24, 2.45) is 0 Å². The molecule has 0 heterocycles. The molecule has 0 saturated carbocycles. The van der Waals surface area contributed by atoms with Crippen LogP contribution in [-0.4, -0.2) is 24.1 Å². The number of alkyl halides is 6. The van der Waals surface area contributed by atoms with Crippen molar-refractivity contribution in [1.82, 2.24) is 0 Å². The van der Waals surface area contributed by atoms with Gasteiger partial charge in [-0.3, -0.25) is 0 Å². The first-order valence-electron chi connectivity index (χ1n) is 3.61. The van der Waals surface area contributed by atoms with Crippen LogP contribution in [0.5, 0.6) is 0 Å². The quantitative estimate of drug-likeness (QED) is 0.327. The van der Waals surface area contributed by atoms with Gasteiger partial charge in [-0.2, -0.15) is 0 Å². The molecule has 4 nitrogen and oxygen atoms in total. The molecule has 0 N–H and O–H groups in total. The molecule has 0 aromatic carbocycles. The Hall–Kier alpha value is -1.11. The third kappa shape index (κ3) is 16.9. The Morgan fingerprint density at radius 1 is 0.950 bits per heavy atom. The fourth-order valence-electron chi connectivity index (χ4n) is 0.518. The molecule has 0 unspecified atom stereocenters. The average Bonchev–Trinajstić information content (AvgIpc) is 2.40. The van der Waals surface area contributed by atoms with Crippen LogP contribution in [0.4, 0.5) is 26.3 Å². The molecule has 0 aromatic heterocycles. The van der Waals surface area contributed by atoms with Crippen molar-refractivity contribution in [3.05, 3.63) is 31.6 Å². The van der Waals surface area contributed by atoms with Crippen molar-refractivity contribution < 1.29 is 60.6 Å². The SMILES string of the molecule is CO[C](=[Fe])/C(=C\C(F)(F)F)C(F)(F)F.[C-]#[O+].[C-]#[O+].[C-]#[O+]. The van der Waals surface area contributed by atoms with Crippen LogP contribution in [0.15, 0.2) is 11.6 Å². The summed E-state index contributed by atoms with van der Waals surface area (Å²) in [7, 11) is 0.804. The fraction of sp³-hybridized carbons (Fsp3) is 0.333. The minimum atomic E-state index is -5.14. The monoisotopic (exact) mass is 346 g/mol. The summed E-state index contributed by atoms with van der Waals surface area (Å²) in [6.07, 6.45) is -11.1. The molecule has 0 aliphatic rings. The summed E-state index contributed by atoms with van der Waals surface area (Å²) in [5.74, 6) is 0. The van der Waals surface area contributed by atoms with Crippen LogP contribution in [0.2, 0.25) is 0 Å². The number of halogens is 6. The van der Waals surface area contributed by atoms with Crippen molar-refractivity contribution in [2.45, 2.75) is 12.4 Å². The molecular weight excluding hydrogens is 342 g/mol. The molecule has 0 radical (unpaired) electrons. The third-order valence-electron chi connectivity index (χ3n) is 0.993. The summed E-state index contributed by atoms with van der Waals surface area (Å²) in [6.45, 7) is 13.5. The topological polar surface area (TPSA) is 68.9 Å². The van der Waals surface area contributed by atoms with Gasteiger partial charge in [0, 0.05) is 0 Å². The van der Waals surface area contributed by atoms with E-state index in [-0.39, 0.29) is 0 Å². The molecular formula is C9H4F6FeO4. The normalized spacial score (nSPS) is 10.4. The maximum atomic E-state index is 12.0. The van der Waals surface area contributed by atoms with E-state index in [2.05, 4.69) is 40.3 Å². The Kier molecular flexibility index (Phi) is 19.5. The van der Waals surface area contributed by atoms with E-state index in [0.29, 0.717) is 0 Å². The van der Waals surface area contributed by atoms with E-state index in [1.807, 2.05) is 0 Å². The van der Waals surface area contributed by atoms with Crippen LogP contribution < -0.4 is 0 Å². The first kappa shape index (κ1) is 27.3. The van der Waals surface area contributed by atoms with Crippen molar-refractivity contribution in [2.75, 3.05) is 7.11 Å². The molecule has 0 amide bonds. The van der Waals surface area contributed by atoms with Gasteiger partial charge in [0.2, 0.25) is 0 Å². The van der Waals surface area contributed by atoms with Crippen molar-refractivity contribution in [3.8, 4) is 0 Å². The molecule has 0 bridgehead atoms. The standard InChI is InChI=1S/C6H4F6O.3CO.Fe/c1-13-3-4(6(10,11)12)2-5(7,8)9;3*1-2;/h2H,1H3;;;;/b4-2+;;;;. The second kappa shape index (κ2) is 14.3. The molecule has 0 atom stereocenters. The first-order valence-corrected chi connectivity index (χ1v) is 4.16. The maximum absolute atomic E-state index is 12.0. The first-order chi connectivity index (χ1) is 9.08. The van der Waals surface area contributed by atoms with Gasteiger partial charge < -0.3 is 0 Å². The van der Waals surface area contributed by atoms with Crippen LogP contribution in [0.1, 0.15) is 0 Å². The van der Waals surface area contributed by atoms with Gasteiger partial charge in [-0.05, 0) is 0 Å². The van der Waals surface area contributed by atoms with Gasteiger partial charge in [0.1, 0.15) is 0 Å². The number of hydrogen-bond donors (Lipinski definition) is 0.